The molecule has 98 valence electrons. The van der Waals surface area contributed by atoms with Gasteiger partial charge in [0.15, 0.2) is 5.78 Å². The molecule has 0 saturated carbocycles. The summed E-state index contributed by atoms with van der Waals surface area (Å²) in [5.41, 5.74) is 2.48. The van der Waals surface area contributed by atoms with Crippen LogP contribution in [-0.4, -0.2) is 5.78 Å². The second-order valence-electron chi connectivity index (χ2n) is 4.77. The summed E-state index contributed by atoms with van der Waals surface area (Å²) < 4.78 is 0.962. The molecule has 0 aliphatic heterocycles. The van der Waals surface area contributed by atoms with Gasteiger partial charge in [0.1, 0.15) is 0 Å². The summed E-state index contributed by atoms with van der Waals surface area (Å²) in [6, 6.07) is 19.6. The fourth-order valence-corrected chi connectivity index (χ4v) is 2.79. The van der Waals surface area contributed by atoms with Crippen molar-refractivity contribution in [3.8, 4) is 0 Å². The van der Waals surface area contributed by atoms with Crippen molar-refractivity contribution in [1.82, 2.24) is 0 Å². The van der Waals surface area contributed by atoms with Gasteiger partial charge >= 0.3 is 0 Å². The van der Waals surface area contributed by atoms with Gasteiger partial charge in [-0.2, -0.15) is 0 Å². The summed E-state index contributed by atoms with van der Waals surface area (Å²) in [5.74, 6) is 0.0700. The molecule has 0 aliphatic carbocycles. The molecule has 0 aliphatic rings. The topological polar surface area (TPSA) is 17.1 Å². The van der Waals surface area contributed by atoms with Gasteiger partial charge in [0.2, 0.25) is 0 Å². The van der Waals surface area contributed by atoms with E-state index in [4.69, 9.17) is 0 Å². The first-order valence-corrected chi connectivity index (χ1v) is 7.25. The van der Waals surface area contributed by atoms with E-state index in [0.717, 1.165) is 31.9 Å². The van der Waals surface area contributed by atoms with Crippen LogP contribution in [0.2, 0.25) is 0 Å². The highest BCUT2D eigenvalue weighted by atomic mass is 79.9. The van der Waals surface area contributed by atoms with Crippen LogP contribution in [0.5, 0.6) is 0 Å². The van der Waals surface area contributed by atoms with Gasteiger partial charge in [-0.25, -0.2) is 0 Å². The molecule has 0 heterocycles. The van der Waals surface area contributed by atoms with Crippen LogP contribution in [0.15, 0.2) is 65.1 Å². The van der Waals surface area contributed by atoms with Crippen molar-refractivity contribution >= 4 is 32.5 Å². The molecule has 0 amide bonds. The Hall–Kier alpha value is -1.93. The van der Waals surface area contributed by atoms with Crippen LogP contribution in [0.4, 0.5) is 0 Å². The van der Waals surface area contributed by atoms with Gasteiger partial charge < -0.3 is 0 Å². The molecule has 0 aromatic heterocycles. The van der Waals surface area contributed by atoms with E-state index in [1.165, 1.54) is 0 Å². The second kappa shape index (κ2) is 5.22. The van der Waals surface area contributed by atoms with Crippen LogP contribution in [-0.2, 0) is 0 Å². The lowest BCUT2D eigenvalue weighted by molar-refractivity contribution is 0.103. The number of ketones is 1. The summed E-state index contributed by atoms with van der Waals surface area (Å²) in [6.45, 7) is 1.96. The zero-order chi connectivity index (χ0) is 14.1. The van der Waals surface area contributed by atoms with E-state index in [9.17, 15) is 4.79 Å². The summed E-state index contributed by atoms with van der Waals surface area (Å²) >= 11 is 3.48. The lowest BCUT2D eigenvalue weighted by Gasteiger charge is -2.09. The Morgan fingerprint density at radius 3 is 2.35 bits per heavy atom. The van der Waals surface area contributed by atoms with E-state index in [2.05, 4.69) is 15.9 Å². The van der Waals surface area contributed by atoms with E-state index in [0.29, 0.717) is 0 Å². The van der Waals surface area contributed by atoms with Crippen molar-refractivity contribution in [2.45, 2.75) is 6.92 Å². The lowest BCUT2D eigenvalue weighted by atomic mass is 9.95. The number of hydrogen-bond acceptors (Lipinski definition) is 1. The molecule has 0 N–H and O–H groups in total. The molecular formula is C18H13BrO. The summed E-state index contributed by atoms with van der Waals surface area (Å²) in [4.78, 5) is 12.8. The first-order valence-electron chi connectivity index (χ1n) is 6.46. The Kier molecular flexibility index (Phi) is 3.41. The second-order valence-corrected chi connectivity index (χ2v) is 5.62. The van der Waals surface area contributed by atoms with Crippen LogP contribution in [0, 0.1) is 6.92 Å². The van der Waals surface area contributed by atoms with Gasteiger partial charge in [0.05, 0.1) is 0 Å². The third kappa shape index (κ3) is 2.16. The Bertz CT molecular complexity index is 800. The summed E-state index contributed by atoms with van der Waals surface area (Å²) in [5, 5.41) is 2.09. The first kappa shape index (κ1) is 13.1. The Morgan fingerprint density at radius 1 is 0.850 bits per heavy atom. The van der Waals surface area contributed by atoms with Gasteiger partial charge in [0, 0.05) is 15.6 Å². The Labute approximate surface area is 126 Å². The van der Waals surface area contributed by atoms with Crippen molar-refractivity contribution in [2.75, 3.05) is 0 Å². The highest BCUT2D eigenvalue weighted by molar-refractivity contribution is 9.10. The zero-order valence-electron chi connectivity index (χ0n) is 11.1. The molecule has 1 nitrogen and oxygen atoms in total. The largest absolute Gasteiger partial charge is 0.289 e. The maximum atomic E-state index is 12.8. The normalized spacial score (nSPS) is 10.7. The molecule has 0 unspecified atom stereocenters. The average molecular weight is 325 g/mol. The third-order valence-electron chi connectivity index (χ3n) is 3.55. The minimum atomic E-state index is 0.0700. The molecular weight excluding hydrogens is 312 g/mol. The predicted octanol–water partition coefficient (Wildman–Crippen LogP) is 5.14. The number of fused-ring (bicyclic) bond motifs is 1. The summed E-state index contributed by atoms with van der Waals surface area (Å²) in [6.07, 6.45) is 0. The Balaban J connectivity index is 2.21. The molecule has 3 aromatic rings. The van der Waals surface area contributed by atoms with Gasteiger partial charge in [-0.3, -0.25) is 4.79 Å². The van der Waals surface area contributed by atoms with Crippen LogP contribution in [0.25, 0.3) is 10.8 Å². The number of hydrogen-bond donors (Lipinski definition) is 0. The molecule has 0 spiro atoms. The number of benzene rings is 3. The van der Waals surface area contributed by atoms with Crippen molar-refractivity contribution < 1.29 is 4.79 Å². The minimum absolute atomic E-state index is 0.0700. The molecule has 0 atom stereocenters. The van der Waals surface area contributed by atoms with Crippen molar-refractivity contribution in [2.24, 2.45) is 0 Å². The molecule has 2 heteroatoms. The van der Waals surface area contributed by atoms with E-state index in [1.807, 2.05) is 67.6 Å². The maximum absolute atomic E-state index is 12.8. The standard InChI is InChI=1S/C18H13BrO/c1-12-14(9-5-11-17(12)19)18(20)16-10-4-7-13-6-2-3-8-15(13)16/h2-11H,1H3. The fourth-order valence-electron chi connectivity index (χ4n) is 2.42. The molecule has 0 radical (unpaired) electrons. The van der Waals surface area contributed by atoms with Gasteiger partial charge in [-0.05, 0) is 29.3 Å². The van der Waals surface area contributed by atoms with Gasteiger partial charge in [0.25, 0.3) is 0 Å². The average Bonchev–Trinajstić information content (AvgIpc) is 2.49. The SMILES string of the molecule is Cc1c(Br)cccc1C(=O)c1cccc2ccccc12. The van der Waals surface area contributed by atoms with Crippen LogP contribution in [0.3, 0.4) is 0 Å². The molecule has 0 fully saturated rings. The molecule has 20 heavy (non-hydrogen) atoms. The van der Waals surface area contributed by atoms with Gasteiger partial charge in [-0.15, -0.1) is 0 Å². The third-order valence-corrected chi connectivity index (χ3v) is 4.41. The highest BCUT2D eigenvalue weighted by Gasteiger charge is 2.15. The van der Waals surface area contributed by atoms with Crippen molar-refractivity contribution in [1.29, 1.82) is 0 Å². The molecule has 3 rings (SSSR count). The predicted molar refractivity (Wildman–Crippen MR) is 86.3 cm³/mol. The zero-order valence-corrected chi connectivity index (χ0v) is 12.6. The van der Waals surface area contributed by atoms with E-state index >= 15 is 0 Å². The maximum Gasteiger partial charge on any atom is 0.193 e. The molecule has 0 saturated heterocycles. The fraction of sp³-hybridized carbons (Fsp3) is 0.0556. The van der Waals surface area contributed by atoms with Crippen LogP contribution < -0.4 is 0 Å². The lowest BCUT2D eigenvalue weighted by Crippen LogP contribution is -2.04. The van der Waals surface area contributed by atoms with E-state index in [-0.39, 0.29) is 5.78 Å². The van der Waals surface area contributed by atoms with Gasteiger partial charge in [-0.1, -0.05) is 70.5 Å². The van der Waals surface area contributed by atoms with E-state index < -0.39 is 0 Å². The molecule has 3 aromatic carbocycles. The minimum Gasteiger partial charge on any atom is -0.289 e. The van der Waals surface area contributed by atoms with E-state index in [1.54, 1.807) is 0 Å². The monoisotopic (exact) mass is 324 g/mol. The Morgan fingerprint density at radius 2 is 1.50 bits per heavy atom. The number of carbonyl (C=O) groups is 1. The van der Waals surface area contributed by atoms with Crippen LogP contribution in [0.1, 0.15) is 21.5 Å². The number of halogens is 1. The van der Waals surface area contributed by atoms with Crippen molar-refractivity contribution in [3.63, 3.8) is 0 Å². The highest BCUT2D eigenvalue weighted by Crippen LogP contribution is 2.25. The smallest absolute Gasteiger partial charge is 0.193 e. The molecule has 0 bridgehead atoms. The number of rotatable bonds is 2. The van der Waals surface area contributed by atoms with Crippen LogP contribution >= 0.6 is 15.9 Å². The quantitative estimate of drug-likeness (QED) is 0.596. The van der Waals surface area contributed by atoms with Crippen molar-refractivity contribution in [3.05, 3.63) is 81.8 Å². The number of carbonyl (C=O) groups excluding carboxylic acids is 1. The first-order chi connectivity index (χ1) is 9.68. The summed E-state index contributed by atoms with van der Waals surface area (Å²) in [7, 11) is 0.